The minimum atomic E-state index is -0.770. The van der Waals surface area contributed by atoms with Crippen molar-refractivity contribution in [3.8, 4) is 5.75 Å². The van der Waals surface area contributed by atoms with E-state index in [1.165, 1.54) is 0 Å². The topological polar surface area (TPSA) is 84.3 Å². The molecule has 0 aromatic heterocycles. The van der Waals surface area contributed by atoms with Crippen molar-refractivity contribution in [1.82, 2.24) is 10.6 Å². The first kappa shape index (κ1) is 23.8. The van der Waals surface area contributed by atoms with Gasteiger partial charge in [-0.1, -0.05) is 29.3 Å². The number of nitrogens with one attached hydrogen (secondary N) is 2. The molecule has 154 valence electrons. The molecule has 3 N–H and O–H groups in total. The lowest BCUT2D eigenvalue weighted by atomic mass is 10.3. The Bertz CT molecular complexity index is 561. The van der Waals surface area contributed by atoms with Crippen LogP contribution < -0.4 is 15.4 Å². The van der Waals surface area contributed by atoms with Gasteiger partial charge < -0.3 is 30.0 Å². The van der Waals surface area contributed by atoms with E-state index in [1.807, 2.05) is 6.92 Å². The number of halogens is 2. The van der Waals surface area contributed by atoms with Crippen LogP contribution in [0.25, 0.3) is 0 Å². The third kappa shape index (κ3) is 10.6. The Balaban J connectivity index is 2.32. The number of guanidine groups is 1. The quantitative estimate of drug-likeness (QED) is 0.257. The van der Waals surface area contributed by atoms with Gasteiger partial charge in [0.25, 0.3) is 0 Å². The van der Waals surface area contributed by atoms with E-state index in [4.69, 9.17) is 37.4 Å². The fourth-order valence-electron chi connectivity index (χ4n) is 2.00. The molecule has 0 radical (unpaired) electrons. The van der Waals surface area contributed by atoms with Crippen LogP contribution in [0.1, 0.15) is 13.3 Å². The van der Waals surface area contributed by atoms with Crippen LogP contribution >= 0.6 is 23.2 Å². The number of ether oxygens (including phenoxy) is 3. The van der Waals surface area contributed by atoms with Gasteiger partial charge in [-0.25, -0.2) is 0 Å². The van der Waals surface area contributed by atoms with E-state index in [9.17, 15) is 5.11 Å². The van der Waals surface area contributed by atoms with Crippen molar-refractivity contribution in [1.29, 1.82) is 0 Å². The normalized spacial score (nSPS) is 12.7. The van der Waals surface area contributed by atoms with Crippen LogP contribution in [0.3, 0.4) is 0 Å². The van der Waals surface area contributed by atoms with Crippen LogP contribution in [-0.4, -0.2) is 70.3 Å². The number of aliphatic hydroxyl groups is 1. The second kappa shape index (κ2) is 14.8. The van der Waals surface area contributed by atoms with Crippen LogP contribution in [0, 0.1) is 0 Å². The Morgan fingerprint density at radius 3 is 2.78 bits per heavy atom. The summed E-state index contributed by atoms with van der Waals surface area (Å²) in [5.74, 6) is 1.07. The van der Waals surface area contributed by atoms with Gasteiger partial charge in [0.05, 0.1) is 24.8 Å². The molecule has 9 heteroatoms. The number of methoxy groups -OCH3 is 1. The molecule has 7 nitrogen and oxygen atoms in total. The first-order chi connectivity index (χ1) is 13.1. The van der Waals surface area contributed by atoms with Crippen molar-refractivity contribution in [3.63, 3.8) is 0 Å². The fourth-order valence-corrected chi connectivity index (χ4v) is 2.34. The number of aliphatic imine (C=N–C) groups is 1. The molecule has 0 aliphatic rings. The molecular weight excluding hydrogens is 393 g/mol. The molecule has 0 aliphatic carbocycles. The van der Waals surface area contributed by atoms with Crippen LogP contribution in [0.5, 0.6) is 5.75 Å². The van der Waals surface area contributed by atoms with Gasteiger partial charge in [-0.15, -0.1) is 0 Å². The Hall–Kier alpha value is -1.25. The van der Waals surface area contributed by atoms with Gasteiger partial charge in [0.2, 0.25) is 0 Å². The van der Waals surface area contributed by atoms with Gasteiger partial charge in [-0.3, -0.25) is 4.99 Å². The molecule has 0 fully saturated rings. The smallest absolute Gasteiger partial charge is 0.191 e. The molecule has 1 aromatic rings. The summed E-state index contributed by atoms with van der Waals surface area (Å²) in [6.07, 6.45) is 0.0699. The fraction of sp³-hybridized carbons (Fsp3) is 0.611. The molecule has 1 unspecified atom stereocenters. The van der Waals surface area contributed by atoms with E-state index >= 15 is 0 Å². The van der Waals surface area contributed by atoms with E-state index in [1.54, 1.807) is 25.3 Å². The summed E-state index contributed by atoms with van der Waals surface area (Å²) < 4.78 is 15.8. The molecule has 0 saturated heterocycles. The predicted octanol–water partition coefficient (Wildman–Crippen LogP) is 2.34. The Morgan fingerprint density at radius 1 is 1.22 bits per heavy atom. The Kier molecular flexibility index (Phi) is 13.0. The maximum atomic E-state index is 10.1. The lowest BCUT2D eigenvalue weighted by molar-refractivity contribution is 0.0698. The largest absolute Gasteiger partial charge is 0.489 e. The summed E-state index contributed by atoms with van der Waals surface area (Å²) in [6, 6.07) is 5.11. The average molecular weight is 422 g/mol. The Morgan fingerprint density at radius 2 is 2.04 bits per heavy atom. The van der Waals surface area contributed by atoms with Crippen LogP contribution in [0.15, 0.2) is 23.2 Å². The highest BCUT2D eigenvalue weighted by molar-refractivity contribution is 6.42. The SMILES string of the molecule is CCNC(=NCC(O)COc1cccc(Cl)c1Cl)NCCCOCCOC. The minimum absolute atomic E-state index is 0.0658. The summed E-state index contributed by atoms with van der Waals surface area (Å²) >= 11 is 12.0. The maximum absolute atomic E-state index is 10.1. The molecule has 1 rings (SSSR count). The average Bonchev–Trinajstić information content (AvgIpc) is 2.66. The van der Waals surface area contributed by atoms with Gasteiger partial charge in [0, 0.05) is 26.8 Å². The number of hydrogen-bond donors (Lipinski definition) is 3. The number of benzene rings is 1. The number of hydrogen-bond acceptors (Lipinski definition) is 5. The summed E-state index contributed by atoms with van der Waals surface area (Å²) in [5, 5.41) is 17.1. The highest BCUT2D eigenvalue weighted by Crippen LogP contribution is 2.31. The molecular formula is C18H29Cl2N3O4. The second-order valence-corrected chi connectivity index (χ2v) is 6.41. The lowest BCUT2D eigenvalue weighted by Gasteiger charge is -2.14. The molecule has 0 amide bonds. The van der Waals surface area contributed by atoms with Gasteiger partial charge in [-0.2, -0.15) is 0 Å². The van der Waals surface area contributed by atoms with Crippen molar-refractivity contribution in [2.45, 2.75) is 19.4 Å². The zero-order chi connectivity index (χ0) is 19.9. The van der Waals surface area contributed by atoms with E-state index in [2.05, 4.69) is 15.6 Å². The lowest BCUT2D eigenvalue weighted by Crippen LogP contribution is -2.39. The minimum Gasteiger partial charge on any atom is -0.489 e. The third-order valence-corrected chi connectivity index (χ3v) is 4.14. The second-order valence-electron chi connectivity index (χ2n) is 5.62. The van der Waals surface area contributed by atoms with Crippen molar-refractivity contribution in [3.05, 3.63) is 28.2 Å². The molecule has 0 heterocycles. The standard InChI is InChI=1S/C18H29Cl2N3O4/c1-3-21-18(22-8-5-9-26-11-10-25-2)23-12-14(24)13-27-16-7-4-6-15(19)17(16)20/h4,6-7,14,24H,3,5,8-13H2,1-2H3,(H2,21,22,23). The number of nitrogens with zero attached hydrogens (tertiary/aromatic N) is 1. The van der Waals surface area contributed by atoms with Gasteiger partial charge in [-0.05, 0) is 25.5 Å². The molecule has 0 aliphatic heterocycles. The van der Waals surface area contributed by atoms with Crippen molar-refractivity contribution in [2.24, 2.45) is 4.99 Å². The summed E-state index contributed by atoms with van der Waals surface area (Å²) in [4.78, 5) is 4.36. The van der Waals surface area contributed by atoms with E-state index in [0.717, 1.165) is 13.0 Å². The van der Waals surface area contributed by atoms with Crippen LogP contribution in [0.2, 0.25) is 10.0 Å². The monoisotopic (exact) mass is 421 g/mol. The predicted molar refractivity (Wildman–Crippen MR) is 109 cm³/mol. The van der Waals surface area contributed by atoms with E-state index in [-0.39, 0.29) is 13.2 Å². The molecule has 0 spiro atoms. The summed E-state index contributed by atoms with van der Waals surface area (Å²) in [6.45, 7) is 5.50. The van der Waals surface area contributed by atoms with Crippen molar-refractivity contribution < 1.29 is 19.3 Å². The summed E-state index contributed by atoms with van der Waals surface area (Å²) in [7, 11) is 1.65. The van der Waals surface area contributed by atoms with Crippen molar-refractivity contribution >= 4 is 29.2 Å². The van der Waals surface area contributed by atoms with Gasteiger partial charge in [0.15, 0.2) is 5.96 Å². The first-order valence-corrected chi connectivity index (χ1v) is 9.67. The highest BCUT2D eigenvalue weighted by Gasteiger charge is 2.09. The summed E-state index contributed by atoms with van der Waals surface area (Å²) in [5.41, 5.74) is 0. The van der Waals surface area contributed by atoms with Crippen LogP contribution in [-0.2, 0) is 9.47 Å². The van der Waals surface area contributed by atoms with Gasteiger partial charge in [0.1, 0.15) is 23.5 Å². The highest BCUT2D eigenvalue weighted by atomic mass is 35.5. The zero-order valence-electron chi connectivity index (χ0n) is 15.8. The molecule has 0 saturated carbocycles. The molecule has 1 atom stereocenters. The zero-order valence-corrected chi connectivity index (χ0v) is 17.4. The maximum Gasteiger partial charge on any atom is 0.191 e. The molecule has 0 bridgehead atoms. The van der Waals surface area contributed by atoms with E-state index in [0.29, 0.717) is 48.1 Å². The van der Waals surface area contributed by atoms with E-state index < -0.39 is 6.10 Å². The number of rotatable bonds is 13. The molecule has 1 aromatic carbocycles. The Labute approximate surface area is 171 Å². The van der Waals surface area contributed by atoms with Crippen molar-refractivity contribution in [2.75, 3.05) is 53.2 Å². The van der Waals surface area contributed by atoms with Crippen LogP contribution in [0.4, 0.5) is 0 Å². The van der Waals surface area contributed by atoms with Gasteiger partial charge >= 0.3 is 0 Å². The third-order valence-electron chi connectivity index (χ3n) is 3.34. The number of aliphatic hydroxyl groups excluding tert-OH is 1. The molecule has 27 heavy (non-hydrogen) atoms. The first-order valence-electron chi connectivity index (χ1n) is 8.92.